The Labute approximate surface area is 101 Å². The van der Waals surface area contributed by atoms with E-state index in [0.717, 1.165) is 5.75 Å². The molecule has 0 heterocycles. The molecule has 0 saturated carbocycles. The number of thioether (sulfide) groups is 1. The second-order valence-corrected chi connectivity index (χ2v) is 4.38. The van der Waals surface area contributed by atoms with Gasteiger partial charge in [0.25, 0.3) is 0 Å². The molecule has 0 N–H and O–H groups in total. The van der Waals surface area contributed by atoms with Crippen LogP contribution in [0.15, 0.2) is 23.1 Å². The second-order valence-electron chi connectivity index (χ2n) is 3.08. The Morgan fingerprint density at radius 2 is 2.12 bits per heavy atom. The van der Waals surface area contributed by atoms with Gasteiger partial charge >= 0.3 is 6.18 Å². The molecule has 6 heteroatoms. The van der Waals surface area contributed by atoms with Crippen molar-refractivity contribution < 1.29 is 17.9 Å². The smallest absolute Gasteiger partial charge is 0.422 e. The standard InChI is InChI=1S/C11H10F3NOS/c1-2-17-10-5-3-4-9(8(10)6-15)16-7-11(12,13)14/h3-5H,2,7H2,1H3. The number of halogens is 3. The first-order valence-corrected chi connectivity index (χ1v) is 5.82. The van der Waals surface area contributed by atoms with E-state index in [0.29, 0.717) is 4.90 Å². The van der Waals surface area contributed by atoms with Gasteiger partial charge in [0.1, 0.15) is 17.4 Å². The molecule has 0 fully saturated rings. The molecule has 0 aliphatic rings. The Kier molecular flexibility index (Phi) is 4.70. The Morgan fingerprint density at radius 3 is 2.65 bits per heavy atom. The molecule has 0 unspecified atom stereocenters. The van der Waals surface area contributed by atoms with Crippen LogP contribution in [0, 0.1) is 11.3 Å². The molecule has 0 atom stereocenters. The summed E-state index contributed by atoms with van der Waals surface area (Å²) < 4.78 is 40.7. The fraction of sp³-hybridized carbons (Fsp3) is 0.364. The van der Waals surface area contributed by atoms with Crippen molar-refractivity contribution in [3.8, 4) is 11.8 Å². The van der Waals surface area contributed by atoms with E-state index in [1.807, 2.05) is 13.0 Å². The quantitative estimate of drug-likeness (QED) is 0.776. The van der Waals surface area contributed by atoms with Crippen LogP contribution in [0.4, 0.5) is 13.2 Å². The molecular formula is C11H10F3NOS. The van der Waals surface area contributed by atoms with Gasteiger partial charge in [0, 0.05) is 4.90 Å². The fourth-order valence-electron chi connectivity index (χ4n) is 1.18. The summed E-state index contributed by atoms with van der Waals surface area (Å²) in [6.45, 7) is 0.511. The molecule has 0 amide bonds. The van der Waals surface area contributed by atoms with Crippen LogP contribution in [0.1, 0.15) is 12.5 Å². The molecule has 0 radical (unpaired) electrons. The molecule has 0 aliphatic heterocycles. The summed E-state index contributed by atoms with van der Waals surface area (Å²) >= 11 is 1.39. The lowest BCUT2D eigenvalue weighted by atomic mass is 10.2. The molecule has 0 bridgehead atoms. The van der Waals surface area contributed by atoms with Gasteiger partial charge in [-0.25, -0.2) is 0 Å². The first-order chi connectivity index (χ1) is 7.98. The van der Waals surface area contributed by atoms with Gasteiger partial charge in [0.15, 0.2) is 6.61 Å². The molecule has 0 spiro atoms. The third-order valence-electron chi connectivity index (χ3n) is 1.79. The van der Waals surface area contributed by atoms with Crippen molar-refractivity contribution in [3.63, 3.8) is 0 Å². The highest BCUT2D eigenvalue weighted by Gasteiger charge is 2.29. The minimum absolute atomic E-state index is 0.0247. The maximum Gasteiger partial charge on any atom is 0.422 e. The third kappa shape index (κ3) is 4.19. The number of hydrogen-bond donors (Lipinski definition) is 0. The molecule has 1 rings (SSSR count). The predicted molar refractivity (Wildman–Crippen MR) is 59.1 cm³/mol. The van der Waals surface area contributed by atoms with Gasteiger partial charge in [-0.2, -0.15) is 18.4 Å². The van der Waals surface area contributed by atoms with Crippen molar-refractivity contribution in [3.05, 3.63) is 23.8 Å². The van der Waals surface area contributed by atoms with Gasteiger partial charge in [-0.1, -0.05) is 13.0 Å². The van der Waals surface area contributed by atoms with Crippen molar-refractivity contribution in [2.45, 2.75) is 18.0 Å². The largest absolute Gasteiger partial charge is 0.483 e. The summed E-state index contributed by atoms with van der Waals surface area (Å²) in [6, 6.07) is 6.50. The maximum atomic E-state index is 12.0. The van der Waals surface area contributed by atoms with Gasteiger partial charge in [-0.15, -0.1) is 11.8 Å². The van der Waals surface area contributed by atoms with E-state index in [-0.39, 0.29) is 11.3 Å². The Bertz CT molecular complexity index is 426. The van der Waals surface area contributed by atoms with E-state index >= 15 is 0 Å². The minimum atomic E-state index is -4.40. The van der Waals surface area contributed by atoms with E-state index in [2.05, 4.69) is 4.74 Å². The normalized spacial score (nSPS) is 11.0. The summed E-state index contributed by atoms with van der Waals surface area (Å²) in [5, 5.41) is 8.93. The zero-order valence-electron chi connectivity index (χ0n) is 9.04. The number of hydrogen-bond acceptors (Lipinski definition) is 3. The number of alkyl halides is 3. The summed E-state index contributed by atoms with van der Waals surface area (Å²) in [5.74, 6) is 0.709. The number of rotatable bonds is 4. The molecule has 0 aromatic heterocycles. The van der Waals surface area contributed by atoms with Crippen LogP contribution in [0.3, 0.4) is 0 Å². The van der Waals surface area contributed by atoms with E-state index in [1.165, 1.54) is 17.8 Å². The predicted octanol–water partition coefficient (Wildman–Crippen LogP) is 3.61. The van der Waals surface area contributed by atoms with E-state index in [4.69, 9.17) is 5.26 Å². The van der Waals surface area contributed by atoms with E-state index < -0.39 is 12.8 Å². The molecule has 1 aromatic carbocycles. The lowest BCUT2D eigenvalue weighted by Crippen LogP contribution is -2.19. The number of nitrogens with zero attached hydrogens (tertiary/aromatic N) is 1. The summed E-state index contributed by atoms with van der Waals surface area (Å²) in [7, 11) is 0. The fourth-order valence-corrected chi connectivity index (χ4v) is 1.95. The highest BCUT2D eigenvalue weighted by Crippen LogP contribution is 2.30. The molecule has 0 aliphatic carbocycles. The first kappa shape index (κ1) is 13.7. The van der Waals surface area contributed by atoms with Crippen molar-refractivity contribution in [2.24, 2.45) is 0 Å². The average Bonchev–Trinajstić information content (AvgIpc) is 2.26. The first-order valence-electron chi connectivity index (χ1n) is 4.83. The molecule has 1 aromatic rings. The lowest BCUT2D eigenvalue weighted by molar-refractivity contribution is -0.153. The lowest BCUT2D eigenvalue weighted by Gasteiger charge is -2.12. The highest BCUT2D eigenvalue weighted by atomic mass is 32.2. The maximum absolute atomic E-state index is 12.0. The van der Waals surface area contributed by atoms with Gasteiger partial charge in [-0.3, -0.25) is 0 Å². The van der Waals surface area contributed by atoms with Crippen LogP contribution in [0.2, 0.25) is 0 Å². The van der Waals surface area contributed by atoms with Crippen LogP contribution in [-0.4, -0.2) is 18.5 Å². The third-order valence-corrected chi connectivity index (χ3v) is 2.73. The highest BCUT2D eigenvalue weighted by molar-refractivity contribution is 7.99. The van der Waals surface area contributed by atoms with Crippen molar-refractivity contribution >= 4 is 11.8 Å². The SMILES string of the molecule is CCSc1cccc(OCC(F)(F)F)c1C#N. The Balaban J connectivity index is 2.92. The van der Waals surface area contributed by atoms with Crippen LogP contribution in [0.25, 0.3) is 0 Å². The van der Waals surface area contributed by atoms with Crippen LogP contribution < -0.4 is 4.74 Å². The number of ether oxygens (including phenoxy) is 1. The van der Waals surface area contributed by atoms with Crippen LogP contribution >= 0.6 is 11.8 Å². The Hall–Kier alpha value is -1.35. The van der Waals surface area contributed by atoms with Gasteiger partial charge in [0.2, 0.25) is 0 Å². The number of nitriles is 1. The summed E-state index contributed by atoms with van der Waals surface area (Å²) in [4.78, 5) is 0.634. The Morgan fingerprint density at radius 1 is 1.41 bits per heavy atom. The molecular weight excluding hydrogens is 251 g/mol. The van der Waals surface area contributed by atoms with E-state index in [9.17, 15) is 13.2 Å². The minimum Gasteiger partial charge on any atom is -0.483 e. The zero-order chi connectivity index (χ0) is 12.9. The average molecular weight is 261 g/mol. The van der Waals surface area contributed by atoms with Crippen molar-refractivity contribution in [1.82, 2.24) is 0 Å². The zero-order valence-corrected chi connectivity index (χ0v) is 9.86. The number of benzene rings is 1. The molecule has 92 valence electrons. The topological polar surface area (TPSA) is 33.0 Å². The van der Waals surface area contributed by atoms with Gasteiger partial charge < -0.3 is 4.74 Å². The van der Waals surface area contributed by atoms with Crippen molar-refractivity contribution in [1.29, 1.82) is 5.26 Å². The van der Waals surface area contributed by atoms with Crippen molar-refractivity contribution in [2.75, 3.05) is 12.4 Å². The van der Waals surface area contributed by atoms with Crippen LogP contribution in [0.5, 0.6) is 5.75 Å². The van der Waals surface area contributed by atoms with Gasteiger partial charge in [-0.05, 0) is 17.9 Å². The summed E-state index contributed by atoms with van der Waals surface area (Å²) in [5.41, 5.74) is 0.156. The molecule has 0 saturated heterocycles. The second kappa shape index (κ2) is 5.82. The van der Waals surface area contributed by atoms with Gasteiger partial charge in [0.05, 0.1) is 0 Å². The van der Waals surface area contributed by atoms with Crippen LogP contribution in [-0.2, 0) is 0 Å². The van der Waals surface area contributed by atoms with E-state index in [1.54, 1.807) is 12.1 Å². The molecule has 17 heavy (non-hydrogen) atoms. The summed E-state index contributed by atoms with van der Waals surface area (Å²) in [6.07, 6.45) is -4.40. The molecule has 2 nitrogen and oxygen atoms in total. The monoisotopic (exact) mass is 261 g/mol.